The van der Waals surface area contributed by atoms with E-state index in [1.165, 1.54) is 25.3 Å². The molecule has 0 spiro atoms. The third-order valence-corrected chi connectivity index (χ3v) is 4.93. The van der Waals surface area contributed by atoms with Crippen LogP contribution in [-0.2, 0) is 9.84 Å². The topological polar surface area (TPSA) is 72.5 Å². The summed E-state index contributed by atoms with van der Waals surface area (Å²) in [6, 6.07) is 10.9. The van der Waals surface area contributed by atoms with Crippen LogP contribution >= 0.6 is 11.6 Å². The van der Waals surface area contributed by atoms with Crippen LogP contribution in [0.5, 0.6) is 5.75 Å². The number of carbonyl (C=O) groups excluding carboxylic acids is 1. The Morgan fingerprint density at radius 1 is 1.17 bits per heavy atom. The van der Waals surface area contributed by atoms with E-state index in [2.05, 4.69) is 5.32 Å². The first kappa shape index (κ1) is 18.3. The Hall–Kier alpha value is -2.05. The van der Waals surface area contributed by atoms with Gasteiger partial charge in [-0.1, -0.05) is 23.7 Å². The van der Waals surface area contributed by atoms with E-state index in [1.54, 1.807) is 24.3 Å². The van der Waals surface area contributed by atoms with Crippen LogP contribution in [0.15, 0.2) is 47.4 Å². The van der Waals surface area contributed by atoms with Crippen molar-refractivity contribution in [1.82, 2.24) is 5.32 Å². The highest BCUT2D eigenvalue weighted by atomic mass is 35.5. The van der Waals surface area contributed by atoms with Gasteiger partial charge in [0.15, 0.2) is 9.84 Å². The Kier molecular flexibility index (Phi) is 5.51. The minimum Gasteiger partial charge on any atom is -0.496 e. The molecule has 0 aromatic heterocycles. The molecule has 1 atom stereocenters. The lowest BCUT2D eigenvalue weighted by molar-refractivity contribution is 0.0937. The fourth-order valence-corrected chi connectivity index (χ4v) is 3.02. The summed E-state index contributed by atoms with van der Waals surface area (Å²) in [5.74, 6) is 0.102. The Morgan fingerprint density at radius 2 is 1.79 bits per heavy atom. The van der Waals surface area contributed by atoms with Gasteiger partial charge < -0.3 is 10.1 Å². The molecule has 0 unspecified atom stereocenters. The maximum atomic E-state index is 12.4. The molecule has 7 heteroatoms. The molecule has 1 N–H and O–H groups in total. The highest BCUT2D eigenvalue weighted by Gasteiger charge is 2.16. The van der Waals surface area contributed by atoms with Crippen LogP contribution in [0.3, 0.4) is 0 Å². The molecule has 0 bridgehead atoms. The lowest BCUT2D eigenvalue weighted by Gasteiger charge is -2.16. The van der Waals surface area contributed by atoms with Crippen molar-refractivity contribution in [3.05, 3.63) is 58.6 Å². The first-order chi connectivity index (χ1) is 11.2. The zero-order valence-corrected chi connectivity index (χ0v) is 15.1. The van der Waals surface area contributed by atoms with Crippen LogP contribution < -0.4 is 10.1 Å². The van der Waals surface area contributed by atoms with E-state index < -0.39 is 9.84 Å². The largest absolute Gasteiger partial charge is 0.496 e. The molecule has 2 rings (SSSR count). The van der Waals surface area contributed by atoms with Crippen molar-refractivity contribution in [3.63, 3.8) is 0 Å². The Labute approximate surface area is 146 Å². The van der Waals surface area contributed by atoms with Crippen molar-refractivity contribution in [2.75, 3.05) is 13.4 Å². The number of carbonyl (C=O) groups is 1. The average Bonchev–Trinajstić information content (AvgIpc) is 2.54. The number of halogens is 1. The number of ether oxygens (including phenoxy) is 1. The van der Waals surface area contributed by atoms with Gasteiger partial charge in [-0.05, 0) is 42.8 Å². The Morgan fingerprint density at radius 3 is 2.33 bits per heavy atom. The molecule has 0 saturated carbocycles. The normalized spacial score (nSPS) is 12.5. The van der Waals surface area contributed by atoms with Crippen molar-refractivity contribution >= 4 is 27.3 Å². The fourth-order valence-electron chi connectivity index (χ4n) is 2.22. The second-order valence-electron chi connectivity index (χ2n) is 5.38. The molecule has 24 heavy (non-hydrogen) atoms. The average molecular weight is 368 g/mol. The van der Waals surface area contributed by atoms with Crippen molar-refractivity contribution in [2.24, 2.45) is 0 Å². The SMILES string of the molecule is COc1ccc(Cl)cc1C(=O)N[C@H](C)c1ccc(S(C)(=O)=O)cc1. The summed E-state index contributed by atoms with van der Waals surface area (Å²) in [5.41, 5.74) is 1.13. The van der Waals surface area contributed by atoms with E-state index >= 15 is 0 Å². The van der Waals surface area contributed by atoms with Gasteiger partial charge in [0, 0.05) is 11.3 Å². The van der Waals surface area contributed by atoms with Gasteiger partial charge in [-0.25, -0.2) is 8.42 Å². The maximum absolute atomic E-state index is 12.4. The van der Waals surface area contributed by atoms with Gasteiger partial charge in [0.25, 0.3) is 5.91 Å². The molecule has 128 valence electrons. The minimum absolute atomic E-state index is 0.237. The van der Waals surface area contributed by atoms with Gasteiger partial charge >= 0.3 is 0 Å². The predicted molar refractivity (Wildman–Crippen MR) is 93.4 cm³/mol. The van der Waals surface area contributed by atoms with Gasteiger partial charge in [0.05, 0.1) is 23.6 Å². The van der Waals surface area contributed by atoms with Gasteiger partial charge in [0.2, 0.25) is 0 Å². The number of sulfone groups is 1. The summed E-state index contributed by atoms with van der Waals surface area (Å²) >= 11 is 5.94. The highest BCUT2D eigenvalue weighted by molar-refractivity contribution is 7.90. The summed E-state index contributed by atoms with van der Waals surface area (Å²) in [7, 11) is -1.76. The number of amides is 1. The zero-order valence-electron chi connectivity index (χ0n) is 13.5. The van der Waals surface area contributed by atoms with Crippen molar-refractivity contribution in [3.8, 4) is 5.75 Å². The first-order valence-electron chi connectivity index (χ1n) is 7.17. The summed E-state index contributed by atoms with van der Waals surface area (Å²) in [4.78, 5) is 12.7. The van der Waals surface area contributed by atoms with E-state index in [0.717, 1.165) is 11.8 Å². The standard InChI is InChI=1S/C17H18ClNO4S/c1-11(12-4-7-14(8-5-12)24(3,21)22)19-17(20)15-10-13(18)6-9-16(15)23-2/h4-11H,1-3H3,(H,19,20)/t11-/m1/s1. The highest BCUT2D eigenvalue weighted by Crippen LogP contribution is 2.24. The second kappa shape index (κ2) is 7.23. The fraction of sp³-hybridized carbons (Fsp3) is 0.235. The minimum atomic E-state index is -3.24. The number of rotatable bonds is 5. The van der Waals surface area contributed by atoms with Gasteiger partial charge in [-0.3, -0.25) is 4.79 Å². The second-order valence-corrected chi connectivity index (χ2v) is 7.83. The predicted octanol–water partition coefficient (Wildman–Crippen LogP) is 3.24. The van der Waals surface area contributed by atoms with E-state index in [4.69, 9.17) is 16.3 Å². The van der Waals surface area contributed by atoms with Crippen LogP contribution in [0, 0.1) is 0 Å². The van der Waals surface area contributed by atoms with E-state index in [9.17, 15) is 13.2 Å². The Balaban J connectivity index is 2.19. The molecule has 0 fully saturated rings. The van der Waals surface area contributed by atoms with E-state index in [0.29, 0.717) is 16.3 Å². The monoisotopic (exact) mass is 367 g/mol. The van der Waals surface area contributed by atoms with Crippen molar-refractivity contribution in [2.45, 2.75) is 17.9 Å². The molecular formula is C17H18ClNO4S. The van der Waals surface area contributed by atoms with Gasteiger partial charge in [-0.2, -0.15) is 0 Å². The molecular weight excluding hydrogens is 350 g/mol. The smallest absolute Gasteiger partial charge is 0.255 e. The first-order valence-corrected chi connectivity index (χ1v) is 9.43. The number of hydrogen-bond acceptors (Lipinski definition) is 4. The number of nitrogens with one attached hydrogen (secondary N) is 1. The van der Waals surface area contributed by atoms with E-state index in [1.807, 2.05) is 6.92 Å². The van der Waals surface area contributed by atoms with Gasteiger partial charge in [0.1, 0.15) is 5.75 Å². The van der Waals surface area contributed by atoms with E-state index in [-0.39, 0.29) is 16.8 Å². The quantitative estimate of drug-likeness (QED) is 0.880. The van der Waals surface area contributed by atoms with Crippen molar-refractivity contribution in [1.29, 1.82) is 0 Å². The zero-order chi connectivity index (χ0) is 17.9. The lowest BCUT2D eigenvalue weighted by Crippen LogP contribution is -2.27. The number of hydrogen-bond donors (Lipinski definition) is 1. The molecule has 5 nitrogen and oxygen atoms in total. The third-order valence-electron chi connectivity index (χ3n) is 3.56. The molecule has 0 radical (unpaired) electrons. The van der Waals surface area contributed by atoms with Crippen LogP contribution in [-0.4, -0.2) is 27.7 Å². The molecule has 0 aliphatic carbocycles. The lowest BCUT2D eigenvalue weighted by atomic mass is 10.1. The number of methoxy groups -OCH3 is 1. The molecule has 0 aliphatic rings. The summed E-state index contributed by atoms with van der Waals surface area (Å²) < 4.78 is 28.1. The van der Waals surface area contributed by atoms with Crippen LogP contribution in [0.2, 0.25) is 5.02 Å². The van der Waals surface area contributed by atoms with Crippen LogP contribution in [0.4, 0.5) is 0 Å². The van der Waals surface area contributed by atoms with Crippen molar-refractivity contribution < 1.29 is 17.9 Å². The molecule has 1 amide bonds. The molecule has 0 saturated heterocycles. The summed E-state index contributed by atoms with van der Waals surface area (Å²) in [5, 5.41) is 3.28. The number of benzene rings is 2. The Bertz CT molecular complexity index is 847. The molecule has 0 aliphatic heterocycles. The summed E-state index contributed by atoms with van der Waals surface area (Å²) in [6.07, 6.45) is 1.15. The molecule has 2 aromatic carbocycles. The summed E-state index contributed by atoms with van der Waals surface area (Å²) in [6.45, 7) is 1.81. The molecule has 2 aromatic rings. The molecule has 0 heterocycles. The third kappa shape index (κ3) is 4.27. The van der Waals surface area contributed by atoms with Crippen LogP contribution in [0.1, 0.15) is 28.9 Å². The van der Waals surface area contributed by atoms with Gasteiger partial charge in [-0.15, -0.1) is 0 Å². The maximum Gasteiger partial charge on any atom is 0.255 e. The van der Waals surface area contributed by atoms with Crippen LogP contribution in [0.25, 0.3) is 0 Å².